The Balaban J connectivity index is 0.00000392. The zero-order valence-corrected chi connectivity index (χ0v) is 16.1. The maximum absolute atomic E-state index is 12.9. The lowest BCUT2D eigenvalue weighted by molar-refractivity contribution is 0.243. The smallest absolute Gasteiger partial charge is 0.319 e. The molecular formula is C22H30FN3O. The third-order valence-electron chi connectivity index (χ3n) is 4.48. The number of hydrogen-bond donors (Lipinski definition) is 2. The number of nitrogens with one attached hydrogen (secondary N) is 2. The third kappa shape index (κ3) is 6.12. The molecule has 0 bridgehead atoms. The summed E-state index contributed by atoms with van der Waals surface area (Å²) in [5.41, 5.74) is 4.11. The highest BCUT2D eigenvalue weighted by molar-refractivity contribution is 5.89. The molecule has 1 unspecified atom stereocenters. The van der Waals surface area contributed by atoms with Gasteiger partial charge in [-0.1, -0.05) is 18.2 Å². The van der Waals surface area contributed by atoms with Gasteiger partial charge >= 0.3 is 6.03 Å². The molecule has 2 aromatic rings. The third-order valence-corrected chi connectivity index (χ3v) is 4.48. The number of hydrogen-bond acceptors (Lipinski definition) is 2. The van der Waals surface area contributed by atoms with Crippen molar-refractivity contribution in [3.8, 4) is 12.3 Å². The molecule has 0 aliphatic carbocycles. The second kappa shape index (κ2) is 9.75. The molecule has 2 N–H and O–H groups in total. The average Bonchev–Trinajstić information content (AvgIpc) is 2.63. The number of carbonyl (C=O) groups excluding carboxylic acids is 1. The van der Waals surface area contributed by atoms with Crippen molar-refractivity contribution in [3.05, 3.63) is 65.0 Å². The van der Waals surface area contributed by atoms with Crippen molar-refractivity contribution < 1.29 is 12.0 Å². The van der Waals surface area contributed by atoms with Crippen LogP contribution < -0.4 is 10.6 Å². The van der Waals surface area contributed by atoms with Crippen LogP contribution in [0.5, 0.6) is 0 Å². The van der Waals surface area contributed by atoms with E-state index in [9.17, 15) is 9.18 Å². The average molecular weight is 372 g/mol. The lowest BCUT2D eigenvalue weighted by Crippen LogP contribution is -2.37. The minimum atomic E-state index is -0.339. The molecule has 0 saturated carbocycles. The number of anilines is 1. The number of urea groups is 1. The van der Waals surface area contributed by atoms with E-state index in [0.29, 0.717) is 18.7 Å². The molecular weight excluding hydrogens is 341 g/mol. The van der Waals surface area contributed by atoms with Gasteiger partial charge in [0.2, 0.25) is 0 Å². The first-order valence-corrected chi connectivity index (χ1v) is 8.90. The van der Waals surface area contributed by atoms with Crippen LogP contribution in [-0.2, 0) is 6.42 Å². The van der Waals surface area contributed by atoms with E-state index in [-0.39, 0.29) is 20.7 Å². The largest absolute Gasteiger partial charge is 0.336 e. The number of terminal acetylenes is 1. The minimum Gasteiger partial charge on any atom is -0.336 e. The Hall–Kier alpha value is -2.84. The zero-order chi connectivity index (χ0) is 19.8. The van der Waals surface area contributed by atoms with Gasteiger partial charge in [0, 0.05) is 21.5 Å². The molecule has 4 nitrogen and oxygen atoms in total. The highest BCUT2D eigenvalue weighted by Gasteiger charge is 2.16. The molecule has 2 aromatic carbocycles. The van der Waals surface area contributed by atoms with Gasteiger partial charge in [0.15, 0.2) is 0 Å². The van der Waals surface area contributed by atoms with E-state index in [0.717, 1.165) is 12.0 Å². The van der Waals surface area contributed by atoms with Crippen LogP contribution in [0.2, 0.25) is 0 Å². The van der Waals surface area contributed by atoms with Crippen LogP contribution in [0, 0.1) is 25.1 Å². The fourth-order valence-electron chi connectivity index (χ4n) is 2.87. The molecule has 0 heterocycles. The van der Waals surface area contributed by atoms with Gasteiger partial charge in [-0.3, -0.25) is 0 Å². The van der Waals surface area contributed by atoms with Crippen LogP contribution >= 0.6 is 0 Å². The predicted molar refractivity (Wildman–Crippen MR) is 112 cm³/mol. The van der Waals surface area contributed by atoms with E-state index in [1.165, 1.54) is 35.4 Å². The van der Waals surface area contributed by atoms with Crippen LogP contribution in [0.15, 0.2) is 42.5 Å². The Morgan fingerprint density at radius 3 is 2.59 bits per heavy atom. The molecule has 0 aromatic heterocycles. The second-order valence-electron chi connectivity index (χ2n) is 6.71. The number of likely N-dealkylation sites (N-methyl/N-ethyl adjacent to an activating group) is 1. The topological polar surface area (TPSA) is 44.4 Å². The van der Waals surface area contributed by atoms with E-state index in [4.69, 9.17) is 6.42 Å². The number of rotatable bonds is 7. The molecule has 2 rings (SSSR count). The molecule has 5 heteroatoms. The molecule has 2 amide bonds. The maximum Gasteiger partial charge on any atom is 0.319 e. The Bertz CT molecular complexity index is 820. The van der Waals surface area contributed by atoms with E-state index < -0.39 is 0 Å². The number of benzene rings is 2. The van der Waals surface area contributed by atoms with Crippen molar-refractivity contribution in [2.24, 2.45) is 0 Å². The number of carbonyl (C=O) groups is 1. The van der Waals surface area contributed by atoms with Crippen molar-refractivity contribution in [2.45, 2.75) is 25.8 Å². The van der Waals surface area contributed by atoms with Crippen molar-refractivity contribution in [2.75, 3.05) is 26.0 Å². The van der Waals surface area contributed by atoms with E-state index in [1.807, 2.05) is 14.1 Å². The van der Waals surface area contributed by atoms with Gasteiger partial charge in [0.1, 0.15) is 5.82 Å². The van der Waals surface area contributed by atoms with Gasteiger partial charge in [0.25, 0.3) is 0 Å². The standard InChI is InChI=1S/C22H26FN3O.2H2/c1-5-6-7-17-14-18(9-8-16(17)2)21(26(3)4)15-24-22(27)25-20-12-10-19(23)11-13-20;;/h1,8-14,21H,6-7,15H2,2-4H3,(H2,24,25,27);2*1H. The normalized spacial score (nSPS) is 11.7. The lowest BCUT2D eigenvalue weighted by Gasteiger charge is -2.26. The summed E-state index contributed by atoms with van der Waals surface area (Å²) in [4.78, 5) is 14.2. The lowest BCUT2D eigenvalue weighted by atomic mass is 9.97. The highest BCUT2D eigenvalue weighted by atomic mass is 19.1. The van der Waals surface area contributed by atoms with Gasteiger partial charge in [-0.2, -0.15) is 0 Å². The summed E-state index contributed by atoms with van der Waals surface area (Å²) in [6.45, 7) is 2.52. The Labute approximate surface area is 163 Å². The van der Waals surface area contributed by atoms with Gasteiger partial charge in [0.05, 0.1) is 6.04 Å². The summed E-state index contributed by atoms with van der Waals surface area (Å²) < 4.78 is 12.9. The molecule has 0 aliphatic rings. The summed E-state index contributed by atoms with van der Waals surface area (Å²) in [6, 6.07) is 11.7. The second-order valence-corrected chi connectivity index (χ2v) is 6.71. The molecule has 0 fully saturated rings. The number of aryl methyl sites for hydroxylation is 2. The Kier molecular flexibility index (Phi) is 7.39. The number of halogens is 1. The fourth-order valence-corrected chi connectivity index (χ4v) is 2.87. The number of nitrogens with zero attached hydrogens (tertiary/aromatic N) is 1. The SMILES string of the molecule is C#CCCc1cc(C(CNC(=O)Nc2ccc(F)cc2)N(C)C)ccc1C.[HH].[HH]. The molecule has 0 aliphatic heterocycles. The molecule has 0 radical (unpaired) electrons. The maximum atomic E-state index is 12.9. The monoisotopic (exact) mass is 371 g/mol. The van der Waals surface area contributed by atoms with Gasteiger partial charge < -0.3 is 15.5 Å². The number of amides is 2. The predicted octanol–water partition coefficient (Wildman–Crippen LogP) is 4.62. The van der Waals surface area contributed by atoms with Crippen molar-refractivity contribution in [1.29, 1.82) is 0 Å². The molecule has 27 heavy (non-hydrogen) atoms. The van der Waals surface area contributed by atoms with Gasteiger partial charge in [-0.25, -0.2) is 9.18 Å². The minimum absolute atomic E-state index is 0. The van der Waals surface area contributed by atoms with Crippen molar-refractivity contribution in [1.82, 2.24) is 10.2 Å². The van der Waals surface area contributed by atoms with Crippen molar-refractivity contribution in [3.63, 3.8) is 0 Å². The summed E-state index contributed by atoms with van der Waals surface area (Å²) in [5, 5.41) is 5.59. The Morgan fingerprint density at radius 1 is 1.26 bits per heavy atom. The van der Waals surface area contributed by atoms with Crippen LogP contribution in [0.25, 0.3) is 0 Å². The van der Waals surface area contributed by atoms with E-state index in [1.54, 1.807) is 0 Å². The van der Waals surface area contributed by atoms with Crippen LogP contribution in [-0.4, -0.2) is 31.6 Å². The fraction of sp³-hybridized carbons (Fsp3) is 0.318. The van der Waals surface area contributed by atoms with Crippen LogP contribution in [0.4, 0.5) is 14.9 Å². The summed E-state index contributed by atoms with van der Waals surface area (Å²) >= 11 is 0. The first kappa shape index (κ1) is 20.5. The van der Waals surface area contributed by atoms with Crippen LogP contribution in [0.3, 0.4) is 0 Å². The summed E-state index contributed by atoms with van der Waals surface area (Å²) in [5.74, 6) is 2.34. The Morgan fingerprint density at radius 2 is 1.96 bits per heavy atom. The van der Waals surface area contributed by atoms with Crippen LogP contribution in [0.1, 0.15) is 32.0 Å². The highest BCUT2D eigenvalue weighted by Crippen LogP contribution is 2.22. The molecule has 146 valence electrons. The molecule has 1 atom stereocenters. The summed E-state index contributed by atoms with van der Waals surface area (Å²) in [7, 11) is 3.95. The molecule has 0 spiro atoms. The first-order valence-electron chi connectivity index (χ1n) is 8.90. The van der Waals surface area contributed by atoms with Gasteiger partial charge in [-0.15, -0.1) is 12.3 Å². The van der Waals surface area contributed by atoms with E-state index in [2.05, 4.69) is 46.6 Å². The van der Waals surface area contributed by atoms with Gasteiger partial charge in [-0.05, 0) is 68.4 Å². The summed E-state index contributed by atoms with van der Waals surface area (Å²) in [6.07, 6.45) is 6.94. The van der Waals surface area contributed by atoms with Crippen molar-refractivity contribution >= 4 is 11.7 Å². The molecule has 0 saturated heterocycles. The quantitative estimate of drug-likeness (QED) is 0.698. The first-order chi connectivity index (χ1) is 12.9. The zero-order valence-electron chi connectivity index (χ0n) is 16.1. The van der Waals surface area contributed by atoms with E-state index >= 15 is 0 Å².